The lowest BCUT2D eigenvalue weighted by Gasteiger charge is -2.06. The van der Waals surface area contributed by atoms with Crippen LogP contribution in [0.25, 0.3) is 0 Å². The maximum atomic E-state index is 13.0. The van der Waals surface area contributed by atoms with E-state index in [9.17, 15) is 18.4 Å². The Bertz CT molecular complexity index is 642. The van der Waals surface area contributed by atoms with E-state index in [4.69, 9.17) is 0 Å². The number of amides is 2. The standard InChI is InChI=1S/C14H13F2N3O2/c15-10-5-3-9(8-11(10)16)4-6-13(20)18-19-14(21)12-2-1-7-17-12/h1-3,5,7-8,17H,4,6H2,(H,18,20)(H,19,21). The molecule has 0 saturated carbocycles. The highest BCUT2D eigenvalue weighted by Crippen LogP contribution is 2.10. The Hall–Kier alpha value is -2.70. The van der Waals surface area contributed by atoms with Gasteiger partial charge in [-0.15, -0.1) is 0 Å². The first-order valence-electron chi connectivity index (χ1n) is 6.23. The van der Waals surface area contributed by atoms with Crippen molar-refractivity contribution in [2.45, 2.75) is 12.8 Å². The highest BCUT2D eigenvalue weighted by atomic mass is 19.2. The average Bonchev–Trinajstić information content (AvgIpc) is 3.00. The number of rotatable bonds is 4. The van der Waals surface area contributed by atoms with Crippen LogP contribution in [0, 0.1) is 11.6 Å². The Labute approximate surface area is 119 Å². The van der Waals surface area contributed by atoms with Crippen LogP contribution >= 0.6 is 0 Å². The van der Waals surface area contributed by atoms with Crippen molar-refractivity contribution in [2.75, 3.05) is 0 Å². The van der Waals surface area contributed by atoms with E-state index < -0.39 is 23.4 Å². The van der Waals surface area contributed by atoms with Gasteiger partial charge in [0.1, 0.15) is 5.69 Å². The summed E-state index contributed by atoms with van der Waals surface area (Å²) in [6.07, 6.45) is 1.86. The van der Waals surface area contributed by atoms with Crippen LogP contribution in [-0.4, -0.2) is 16.8 Å². The summed E-state index contributed by atoms with van der Waals surface area (Å²) in [6.45, 7) is 0. The molecule has 2 aromatic rings. The van der Waals surface area contributed by atoms with Gasteiger partial charge in [0.25, 0.3) is 5.91 Å². The van der Waals surface area contributed by atoms with Crippen molar-refractivity contribution >= 4 is 11.8 Å². The average molecular weight is 293 g/mol. The van der Waals surface area contributed by atoms with Gasteiger partial charge < -0.3 is 4.98 Å². The molecule has 0 saturated heterocycles. The first-order chi connectivity index (χ1) is 10.1. The highest BCUT2D eigenvalue weighted by molar-refractivity contribution is 5.93. The van der Waals surface area contributed by atoms with Gasteiger partial charge in [0.2, 0.25) is 5.91 Å². The fourth-order valence-corrected chi connectivity index (χ4v) is 1.68. The second-order valence-corrected chi connectivity index (χ2v) is 4.33. The molecule has 0 aliphatic rings. The normalized spacial score (nSPS) is 10.2. The molecule has 110 valence electrons. The second-order valence-electron chi connectivity index (χ2n) is 4.33. The number of halogens is 2. The zero-order valence-corrected chi connectivity index (χ0v) is 11.0. The molecular formula is C14H13F2N3O2. The van der Waals surface area contributed by atoms with Crippen LogP contribution in [0.5, 0.6) is 0 Å². The molecule has 0 aliphatic heterocycles. The lowest BCUT2D eigenvalue weighted by molar-refractivity contribution is -0.121. The number of aromatic amines is 1. The number of benzene rings is 1. The molecule has 1 heterocycles. The zero-order chi connectivity index (χ0) is 15.2. The second kappa shape index (κ2) is 6.65. The third-order valence-corrected chi connectivity index (χ3v) is 2.78. The number of hydrazine groups is 1. The van der Waals surface area contributed by atoms with Gasteiger partial charge in [-0.2, -0.15) is 0 Å². The number of hydrogen-bond acceptors (Lipinski definition) is 2. The van der Waals surface area contributed by atoms with E-state index in [1.54, 1.807) is 18.3 Å². The lowest BCUT2D eigenvalue weighted by atomic mass is 10.1. The number of nitrogens with one attached hydrogen (secondary N) is 3. The number of aryl methyl sites for hydroxylation is 1. The molecule has 3 N–H and O–H groups in total. The first-order valence-corrected chi connectivity index (χ1v) is 6.23. The molecule has 7 heteroatoms. The van der Waals surface area contributed by atoms with Crippen LogP contribution in [0.2, 0.25) is 0 Å². The molecule has 0 fully saturated rings. The van der Waals surface area contributed by atoms with E-state index in [1.807, 2.05) is 0 Å². The Morgan fingerprint density at radius 2 is 1.90 bits per heavy atom. The van der Waals surface area contributed by atoms with Crippen LogP contribution < -0.4 is 10.9 Å². The summed E-state index contributed by atoms with van der Waals surface area (Å²) in [7, 11) is 0. The monoisotopic (exact) mass is 293 g/mol. The highest BCUT2D eigenvalue weighted by Gasteiger charge is 2.08. The molecule has 21 heavy (non-hydrogen) atoms. The molecule has 1 aromatic heterocycles. The molecular weight excluding hydrogens is 280 g/mol. The predicted molar refractivity (Wildman–Crippen MR) is 71.1 cm³/mol. The molecule has 0 spiro atoms. The van der Waals surface area contributed by atoms with Gasteiger partial charge in [0.15, 0.2) is 11.6 Å². The van der Waals surface area contributed by atoms with E-state index in [1.165, 1.54) is 6.07 Å². The zero-order valence-electron chi connectivity index (χ0n) is 11.0. The van der Waals surface area contributed by atoms with E-state index >= 15 is 0 Å². The van der Waals surface area contributed by atoms with Crippen molar-refractivity contribution in [3.63, 3.8) is 0 Å². The fourth-order valence-electron chi connectivity index (χ4n) is 1.68. The van der Waals surface area contributed by atoms with Crippen molar-refractivity contribution in [2.24, 2.45) is 0 Å². The summed E-state index contributed by atoms with van der Waals surface area (Å²) in [4.78, 5) is 25.7. The largest absolute Gasteiger partial charge is 0.357 e. The van der Waals surface area contributed by atoms with Crippen LogP contribution in [0.1, 0.15) is 22.5 Å². The summed E-state index contributed by atoms with van der Waals surface area (Å²) >= 11 is 0. The van der Waals surface area contributed by atoms with Crippen LogP contribution in [0.4, 0.5) is 8.78 Å². The van der Waals surface area contributed by atoms with Gasteiger partial charge >= 0.3 is 0 Å². The van der Waals surface area contributed by atoms with E-state index in [-0.39, 0.29) is 12.8 Å². The summed E-state index contributed by atoms with van der Waals surface area (Å²) in [5.41, 5.74) is 5.29. The van der Waals surface area contributed by atoms with Gasteiger partial charge in [0.05, 0.1) is 0 Å². The van der Waals surface area contributed by atoms with Crippen molar-refractivity contribution in [1.29, 1.82) is 0 Å². The molecule has 0 unspecified atom stereocenters. The van der Waals surface area contributed by atoms with Crippen molar-refractivity contribution in [3.8, 4) is 0 Å². The van der Waals surface area contributed by atoms with Crippen LogP contribution in [-0.2, 0) is 11.2 Å². The van der Waals surface area contributed by atoms with Crippen molar-refractivity contribution in [1.82, 2.24) is 15.8 Å². The predicted octanol–water partition coefficient (Wildman–Crippen LogP) is 1.69. The van der Waals surface area contributed by atoms with E-state index in [0.29, 0.717) is 11.3 Å². The van der Waals surface area contributed by atoms with Crippen molar-refractivity contribution < 1.29 is 18.4 Å². The van der Waals surface area contributed by atoms with Gasteiger partial charge in [-0.25, -0.2) is 8.78 Å². The first kappa shape index (κ1) is 14.7. The number of carbonyl (C=O) groups is 2. The minimum atomic E-state index is -0.951. The van der Waals surface area contributed by atoms with E-state index in [0.717, 1.165) is 12.1 Å². The summed E-state index contributed by atoms with van der Waals surface area (Å²) < 4.78 is 25.7. The summed E-state index contributed by atoms with van der Waals surface area (Å²) in [6, 6.07) is 6.67. The Kier molecular flexibility index (Phi) is 4.65. The Balaban J connectivity index is 1.77. The molecule has 5 nitrogen and oxygen atoms in total. The van der Waals surface area contributed by atoms with Crippen LogP contribution in [0.15, 0.2) is 36.5 Å². The fraction of sp³-hybridized carbons (Fsp3) is 0.143. The van der Waals surface area contributed by atoms with Gasteiger partial charge in [0, 0.05) is 12.6 Å². The van der Waals surface area contributed by atoms with Gasteiger partial charge in [-0.3, -0.25) is 20.4 Å². The summed E-state index contributed by atoms with van der Waals surface area (Å²) in [5, 5.41) is 0. The SMILES string of the molecule is O=C(CCc1ccc(F)c(F)c1)NNC(=O)c1ccc[nH]1. The molecule has 2 amide bonds. The van der Waals surface area contributed by atoms with Gasteiger partial charge in [-0.1, -0.05) is 6.07 Å². The minimum Gasteiger partial charge on any atom is -0.357 e. The molecule has 0 aliphatic carbocycles. The topological polar surface area (TPSA) is 74.0 Å². The van der Waals surface area contributed by atoms with E-state index in [2.05, 4.69) is 15.8 Å². The number of aromatic nitrogens is 1. The van der Waals surface area contributed by atoms with Crippen molar-refractivity contribution in [3.05, 3.63) is 59.4 Å². The Morgan fingerprint density at radius 3 is 2.57 bits per heavy atom. The molecule has 0 atom stereocenters. The number of H-pyrrole nitrogens is 1. The molecule has 0 radical (unpaired) electrons. The maximum Gasteiger partial charge on any atom is 0.286 e. The third kappa shape index (κ3) is 4.13. The number of hydrogen-bond donors (Lipinski definition) is 3. The van der Waals surface area contributed by atoms with Gasteiger partial charge in [-0.05, 0) is 36.2 Å². The maximum absolute atomic E-state index is 13.0. The number of carbonyl (C=O) groups excluding carboxylic acids is 2. The van der Waals surface area contributed by atoms with Crippen LogP contribution in [0.3, 0.4) is 0 Å². The Morgan fingerprint density at radius 1 is 1.10 bits per heavy atom. The molecule has 2 rings (SSSR count). The smallest absolute Gasteiger partial charge is 0.286 e. The minimum absolute atomic E-state index is 0.0378. The molecule has 0 bridgehead atoms. The third-order valence-electron chi connectivity index (χ3n) is 2.78. The summed E-state index contributed by atoms with van der Waals surface area (Å²) in [5.74, 6) is -2.78. The quantitative estimate of drug-likeness (QED) is 0.750. The molecule has 1 aromatic carbocycles. The lowest BCUT2D eigenvalue weighted by Crippen LogP contribution is -2.41.